The number of amides is 1. The summed E-state index contributed by atoms with van der Waals surface area (Å²) in [6.07, 6.45) is 7.99. The minimum Gasteiger partial charge on any atom is -0.337 e. The summed E-state index contributed by atoms with van der Waals surface area (Å²) in [5, 5.41) is 12.0. The maximum atomic E-state index is 13.1. The van der Waals surface area contributed by atoms with Gasteiger partial charge in [-0.1, -0.05) is 0 Å². The van der Waals surface area contributed by atoms with E-state index in [4.69, 9.17) is 4.98 Å². The first-order valence-corrected chi connectivity index (χ1v) is 10.7. The van der Waals surface area contributed by atoms with Crippen LogP contribution in [0.1, 0.15) is 68.9 Å². The normalized spacial score (nSPS) is 22.8. The molecule has 1 aliphatic carbocycles. The monoisotopic (exact) mass is 371 g/mol. The zero-order chi connectivity index (χ0) is 17.5. The van der Waals surface area contributed by atoms with Gasteiger partial charge >= 0.3 is 0 Å². The van der Waals surface area contributed by atoms with Crippen LogP contribution in [-0.2, 0) is 25.8 Å². The van der Waals surface area contributed by atoms with Gasteiger partial charge in [0.15, 0.2) is 5.69 Å². The molecule has 138 valence electrons. The van der Waals surface area contributed by atoms with E-state index in [2.05, 4.69) is 15.5 Å². The van der Waals surface area contributed by atoms with Gasteiger partial charge in [0, 0.05) is 54.7 Å². The van der Waals surface area contributed by atoms with Crippen LogP contribution in [0.15, 0.2) is 0 Å². The lowest BCUT2D eigenvalue weighted by molar-refractivity contribution is 0.0699. The van der Waals surface area contributed by atoms with Crippen molar-refractivity contribution in [3.05, 3.63) is 32.5 Å². The van der Waals surface area contributed by atoms with Crippen LogP contribution in [0.3, 0.4) is 0 Å². The number of nitrogens with zero attached hydrogens (tertiary/aromatic N) is 3. The van der Waals surface area contributed by atoms with Crippen molar-refractivity contribution >= 4 is 17.2 Å². The van der Waals surface area contributed by atoms with Crippen molar-refractivity contribution in [3.8, 4) is 0 Å². The average Bonchev–Trinajstić information content (AvgIpc) is 3.32. The number of rotatable bonds is 2. The van der Waals surface area contributed by atoms with E-state index in [1.54, 1.807) is 0 Å². The molecular weight excluding hydrogens is 346 g/mol. The molecule has 1 amide bonds. The quantitative estimate of drug-likeness (QED) is 0.850. The number of aromatic nitrogens is 3. The van der Waals surface area contributed by atoms with Crippen molar-refractivity contribution in [2.75, 3.05) is 19.6 Å². The molecule has 0 saturated carbocycles. The van der Waals surface area contributed by atoms with Gasteiger partial charge in [-0.05, 0) is 38.5 Å². The topological polar surface area (TPSA) is 73.9 Å². The van der Waals surface area contributed by atoms with E-state index >= 15 is 0 Å². The molecule has 7 heteroatoms. The molecule has 26 heavy (non-hydrogen) atoms. The van der Waals surface area contributed by atoms with Gasteiger partial charge in [0.2, 0.25) is 0 Å². The van der Waals surface area contributed by atoms with Crippen molar-refractivity contribution < 1.29 is 4.79 Å². The summed E-state index contributed by atoms with van der Waals surface area (Å²) >= 11 is 1.90. The Morgan fingerprint density at radius 2 is 2.12 bits per heavy atom. The Morgan fingerprint density at radius 1 is 1.19 bits per heavy atom. The molecule has 5 rings (SSSR count). The fraction of sp³-hybridized carbons (Fsp3) is 0.632. The summed E-state index contributed by atoms with van der Waals surface area (Å²) in [5.41, 5.74) is 4.12. The maximum absolute atomic E-state index is 13.1. The zero-order valence-electron chi connectivity index (χ0n) is 15.0. The Kier molecular flexibility index (Phi) is 4.29. The standard InChI is InChI=1S/C19H25N5OS/c25-19(17-13-10-20-8-7-14(13)22-23-17)24-9-3-4-12(11-24)18-21-15-5-1-2-6-16(15)26-18/h12,20H,1-11H2,(H,22,23). The summed E-state index contributed by atoms with van der Waals surface area (Å²) in [5.74, 6) is 0.466. The Balaban J connectivity index is 1.35. The zero-order valence-corrected chi connectivity index (χ0v) is 15.8. The second-order valence-corrected chi connectivity index (χ2v) is 8.79. The number of hydrogen-bond acceptors (Lipinski definition) is 5. The van der Waals surface area contributed by atoms with Crippen molar-refractivity contribution in [2.24, 2.45) is 0 Å². The van der Waals surface area contributed by atoms with Crippen LogP contribution in [0.5, 0.6) is 0 Å². The van der Waals surface area contributed by atoms with Crippen LogP contribution in [0.25, 0.3) is 0 Å². The van der Waals surface area contributed by atoms with Crippen LogP contribution in [0.4, 0.5) is 0 Å². The number of fused-ring (bicyclic) bond motifs is 2. The summed E-state index contributed by atoms with van der Waals surface area (Å²) in [6.45, 7) is 3.29. The second-order valence-electron chi connectivity index (χ2n) is 7.68. The molecule has 0 aromatic carbocycles. The minimum atomic E-state index is 0.0808. The van der Waals surface area contributed by atoms with Crippen LogP contribution in [0.2, 0.25) is 0 Å². The molecule has 4 heterocycles. The van der Waals surface area contributed by atoms with Crippen LogP contribution >= 0.6 is 11.3 Å². The number of aryl methyl sites for hydroxylation is 2. The molecule has 2 aliphatic heterocycles. The van der Waals surface area contributed by atoms with Crippen molar-refractivity contribution in [2.45, 2.75) is 57.4 Å². The lowest BCUT2D eigenvalue weighted by Gasteiger charge is -2.31. The van der Waals surface area contributed by atoms with Gasteiger partial charge in [-0.25, -0.2) is 4.98 Å². The molecule has 0 radical (unpaired) electrons. The SMILES string of the molecule is O=C(c1n[nH]c2c1CNCC2)N1CCCC(c2nc3c(s2)CCCC3)C1. The number of carbonyl (C=O) groups excluding carboxylic acids is 1. The molecular formula is C19H25N5OS. The van der Waals surface area contributed by atoms with Gasteiger partial charge < -0.3 is 10.2 Å². The predicted molar refractivity (Wildman–Crippen MR) is 101 cm³/mol. The molecule has 0 bridgehead atoms. The van der Waals surface area contributed by atoms with Crippen molar-refractivity contribution in [3.63, 3.8) is 0 Å². The number of thiazole rings is 1. The third-order valence-corrected chi connectivity index (χ3v) is 7.25. The first-order chi connectivity index (χ1) is 12.8. The number of hydrogen-bond donors (Lipinski definition) is 2. The lowest BCUT2D eigenvalue weighted by atomic mass is 9.97. The number of H-pyrrole nitrogens is 1. The number of carbonyl (C=O) groups is 1. The fourth-order valence-electron chi connectivity index (χ4n) is 4.46. The van der Waals surface area contributed by atoms with Crippen molar-refractivity contribution in [1.29, 1.82) is 0 Å². The minimum absolute atomic E-state index is 0.0808. The smallest absolute Gasteiger partial charge is 0.274 e. The van der Waals surface area contributed by atoms with E-state index in [0.717, 1.165) is 63.1 Å². The third-order valence-electron chi connectivity index (χ3n) is 5.93. The second kappa shape index (κ2) is 6.78. The van der Waals surface area contributed by atoms with Gasteiger partial charge in [0.1, 0.15) is 0 Å². The summed E-state index contributed by atoms with van der Waals surface area (Å²) < 4.78 is 0. The summed E-state index contributed by atoms with van der Waals surface area (Å²) in [6, 6.07) is 0. The molecule has 1 saturated heterocycles. The number of nitrogens with one attached hydrogen (secondary N) is 2. The molecule has 1 fully saturated rings. The van der Waals surface area contributed by atoms with E-state index in [0.29, 0.717) is 11.6 Å². The van der Waals surface area contributed by atoms with E-state index < -0.39 is 0 Å². The number of likely N-dealkylation sites (tertiary alicyclic amines) is 1. The fourth-order valence-corrected chi connectivity index (χ4v) is 5.74. The number of aromatic amines is 1. The Bertz CT molecular complexity index is 803. The van der Waals surface area contributed by atoms with Gasteiger partial charge in [-0.15, -0.1) is 11.3 Å². The predicted octanol–water partition coefficient (Wildman–Crippen LogP) is 2.41. The number of piperidine rings is 1. The molecule has 2 N–H and O–H groups in total. The summed E-state index contributed by atoms with van der Waals surface area (Å²) in [4.78, 5) is 21.5. The highest BCUT2D eigenvalue weighted by Gasteiger charge is 2.31. The molecule has 1 unspecified atom stereocenters. The lowest BCUT2D eigenvalue weighted by Crippen LogP contribution is -2.40. The van der Waals surface area contributed by atoms with Gasteiger partial charge in [0.05, 0.1) is 10.7 Å². The van der Waals surface area contributed by atoms with Gasteiger partial charge in [-0.2, -0.15) is 5.10 Å². The molecule has 0 spiro atoms. The Labute approximate surface area is 157 Å². The molecule has 1 atom stereocenters. The van der Waals surface area contributed by atoms with Crippen LogP contribution < -0.4 is 5.32 Å². The largest absolute Gasteiger partial charge is 0.337 e. The first-order valence-electron chi connectivity index (χ1n) is 9.84. The molecule has 6 nitrogen and oxygen atoms in total. The molecule has 2 aromatic rings. The van der Waals surface area contributed by atoms with Crippen LogP contribution in [-0.4, -0.2) is 45.6 Å². The highest BCUT2D eigenvalue weighted by Crippen LogP contribution is 2.35. The molecule has 3 aliphatic rings. The summed E-state index contributed by atoms with van der Waals surface area (Å²) in [7, 11) is 0. The Hall–Kier alpha value is -1.73. The van der Waals surface area contributed by atoms with E-state index in [9.17, 15) is 4.79 Å². The molecule has 2 aromatic heterocycles. The van der Waals surface area contributed by atoms with Crippen LogP contribution in [0, 0.1) is 0 Å². The van der Waals surface area contributed by atoms with Gasteiger partial charge in [0.25, 0.3) is 5.91 Å². The maximum Gasteiger partial charge on any atom is 0.274 e. The van der Waals surface area contributed by atoms with Gasteiger partial charge in [-0.3, -0.25) is 9.89 Å². The Morgan fingerprint density at radius 3 is 3.04 bits per heavy atom. The van der Waals surface area contributed by atoms with E-state index in [1.807, 2.05) is 16.2 Å². The first kappa shape index (κ1) is 16.4. The van der Waals surface area contributed by atoms with E-state index in [-0.39, 0.29) is 5.91 Å². The van der Waals surface area contributed by atoms with E-state index in [1.165, 1.54) is 34.8 Å². The average molecular weight is 372 g/mol. The highest BCUT2D eigenvalue weighted by atomic mass is 32.1. The third kappa shape index (κ3) is 2.87. The van der Waals surface area contributed by atoms with Crippen molar-refractivity contribution in [1.82, 2.24) is 25.4 Å². The highest BCUT2D eigenvalue weighted by molar-refractivity contribution is 7.11.